The Morgan fingerprint density at radius 2 is 1.32 bits per heavy atom. The number of hydrogen-bond acceptors (Lipinski definition) is 6. The molecule has 1 N–H and O–H groups in total. The molecule has 0 atom stereocenters. The summed E-state index contributed by atoms with van der Waals surface area (Å²) in [5.41, 5.74) is 2.26. The van der Waals surface area contributed by atoms with E-state index in [0.717, 1.165) is 0 Å². The first kappa shape index (κ1) is 22.9. The van der Waals surface area contributed by atoms with Gasteiger partial charge in [-0.3, -0.25) is 24.2 Å². The molecule has 1 amide bonds. The highest BCUT2D eigenvalue weighted by Gasteiger charge is 2.28. The number of rotatable bonds is 0. The van der Waals surface area contributed by atoms with Crippen LogP contribution in [0.3, 0.4) is 0 Å². The van der Waals surface area contributed by atoms with E-state index in [0.29, 0.717) is 5.69 Å². The van der Waals surface area contributed by atoms with Gasteiger partial charge in [0.1, 0.15) is 5.69 Å². The second-order valence-electron chi connectivity index (χ2n) is 5.92. The molecule has 2 rings (SSSR count). The van der Waals surface area contributed by atoms with Gasteiger partial charge in [-0.05, 0) is 18.2 Å². The molecule has 0 radical (unpaired) electrons. The summed E-state index contributed by atoms with van der Waals surface area (Å²) in [5, 5.41) is 0. The van der Waals surface area contributed by atoms with Crippen LogP contribution in [0.1, 0.15) is 12.1 Å². The molecular weight excluding hydrogens is 396 g/mol. The number of allylic oxidation sites excluding steroid dienone is 13. The van der Waals surface area contributed by atoms with Crippen molar-refractivity contribution in [1.29, 1.82) is 0 Å². The Bertz CT molecular complexity index is 1040. The van der Waals surface area contributed by atoms with Crippen LogP contribution in [-0.4, -0.2) is 28.2 Å². The van der Waals surface area contributed by atoms with Crippen LogP contribution in [0.5, 0.6) is 5.75 Å². The molecule has 2 heterocycles. The molecule has 0 bridgehead atoms. The Morgan fingerprint density at radius 1 is 0.742 bits per heavy atom. The Hall–Kier alpha value is -4.39. The summed E-state index contributed by atoms with van der Waals surface area (Å²) < 4.78 is 0. The molecular formula is C24H20N2O5. The molecule has 1 aliphatic heterocycles. The number of amides is 1. The Morgan fingerprint density at radius 3 is 1.97 bits per heavy atom. The lowest BCUT2D eigenvalue weighted by Crippen LogP contribution is -2.40. The van der Waals surface area contributed by atoms with E-state index in [1.807, 2.05) is 41.9 Å². The van der Waals surface area contributed by atoms with E-state index in [1.54, 1.807) is 48.6 Å². The molecule has 0 saturated carbocycles. The van der Waals surface area contributed by atoms with Gasteiger partial charge < -0.3 is 4.84 Å². The summed E-state index contributed by atoms with van der Waals surface area (Å²) in [4.78, 5) is 56.7. The molecule has 0 fully saturated rings. The van der Waals surface area contributed by atoms with Gasteiger partial charge in [-0.2, -0.15) is 5.48 Å². The zero-order valence-electron chi connectivity index (χ0n) is 16.5. The smallest absolute Gasteiger partial charge is 0.328 e. The SMILES string of the molecule is O=C1CC=CC=CC=CC=CC=CC=CC=Cc2ncccc2ONC(=O)C(=O)C1=O. The van der Waals surface area contributed by atoms with Gasteiger partial charge in [0.2, 0.25) is 5.78 Å². The topological polar surface area (TPSA) is 102 Å². The van der Waals surface area contributed by atoms with Crippen molar-refractivity contribution in [1.82, 2.24) is 10.5 Å². The van der Waals surface area contributed by atoms with Crippen LogP contribution in [0, 0.1) is 0 Å². The van der Waals surface area contributed by atoms with Crippen molar-refractivity contribution in [2.24, 2.45) is 0 Å². The first-order chi connectivity index (χ1) is 15.1. The molecule has 0 spiro atoms. The van der Waals surface area contributed by atoms with Gasteiger partial charge in [-0.15, -0.1) is 0 Å². The molecule has 1 aliphatic rings. The minimum atomic E-state index is -1.50. The number of Topliss-reactive ketones (excluding diaryl/α,β-unsaturated/α-hetero) is 3. The predicted molar refractivity (Wildman–Crippen MR) is 117 cm³/mol. The number of fused-ring (bicyclic) bond motifs is 1. The van der Waals surface area contributed by atoms with Crippen molar-refractivity contribution >= 4 is 29.3 Å². The number of hydrogen-bond donors (Lipinski definition) is 1. The summed E-state index contributed by atoms with van der Waals surface area (Å²) in [6.45, 7) is 0. The third-order valence-electron chi connectivity index (χ3n) is 3.63. The largest absolute Gasteiger partial charge is 0.377 e. The van der Waals surface area contributed by atoms with Crippen LogP contribution in [-0.2, 0) is 19.2 Å². The number of pyridine rings is 1. The van der Waals surface area contributed by atoms with Crippen LogP contribution in [0.15, 0.2) is 97.3 Å². The number of aromatic nitrogens is 1. The van der Waals surface area contributed by atoms with Crippen LogP contribution < -0.4 is 10.3 Å². The Balaban J connectivity index is 2.20. The monoisotopic (exact) mass is 416 g/mol. The second-order valence-corrected chi connectivity index (χ2v) is 5.92. The summed E-state index contributed by atoms with van der Waals surface area (Å²) in [6.07, 6.45) is 25.6. The van der Waals surface area contributed by atoms with Gasteiger partial charge >= 0.3 is 5.91 Å². The lowest BCUT2D eigenvalue weighted by atomic mass is 10.1. The normalized spacial score (nSPS) is 16.1. The van der Waals surface area contributed by atoms with E-state index in [-0.39, 0.29) is 12.2 Å². The van der Waals surface area contributed by atoms with Crippen LogP contribution in [0.4, 0.5) is 0 Å². The second kappa shape index (κ2) is 12.9. The van der Waals surface area contributed by atoms with E-state index in [2.05, 4.69) is 4.98 Å². The average molecular weight is 416 g/mol. The standard InChI is InChI=1S/C24H20N2O5/c27-20-16-13-11-9-7-5-3-1-2-4-6-8-10-12-15-19-21(17-14-18-25-19)31-26-24(30)23(29)22(20)28/h1-15,17-18H,16H2,(H,26,30). The van der Waals surface area contributed by atoms with Crippen LogP contribution in [0.25, 0.3) is 6.08 Å². The maximum absolute atomic E-state index is 11.9. The third-order valence-corrected chi connectivity index (χ3v) is 3.63. The zero-order chi connectivity index (χ0) is 22.3. The molecule has 0 aliphatic carbocycles. The van der Waals surface area contributed by atoms with Gasteiger partial charge in [-0.25, -0.2) is 0 Å². The van der Waals surface area contributed by atoms with E-state index >= 15 is 0 Å². The van der Waals surface area contributed by atoms with E-state index in [4.69, 9.17) is 4.84 Å². The van der Waals surface area contributed by atoms with E-state index in [9.17, 15) is 19.2 Å². The molecule has 1 aromatic heterocycles. The Kier molecular flexibility index (Phi) is 9.56. The number of carbonyl (C=O) groups is 4. The number of nitrogens with zero attached hydrogens (tertiary/aromatic N) is 1. The zero-order valence-corrected chi connectivity index (χ0v) is 16.5. The molecule has 156 valence electrons. The van der Waals surface area contributed by atoms with Gasteiger partial charge in [0.15, 0.2) is 5.75 Å². The van der Waals surface area contributed by atoms with Gasteiger partial charge in [0.05, 0.1) is 0 Å². The van der Waals surface area contributed by atoms with Crippen LogP contribution in [0.2, 0.25) is 0 Å². The molecule has 7 nitrogen and oxygen atoms in total. The number of carbonyl (C=O) groups excluding carboxylic acids is 4. The fourth-order valence-corrected chi connectivity index (χ4v) is 2.13. The predicted octanol–water partition coefficient (Wildman–Crippen LogP) is 2.95. The summed E-state index contributed by atoms with van der Waals surface area (Å²) in [6, 6.07) is 3.09. The quantitative estimate of drug-likeness (QED) is 0.653. The highest BCUT2D eigenvalue weighted by atomic mass is 16.7. The van der Waals surface area contributed by atoms with Crippen molar-refractivity contribution in [2.45, 2.75) is 6.42 Å². The van der Waals surface area contributed by atoms with E-state index in [1.165, 1.54) is 18.3 Å². The maximum atomic E-state index is 11.9. The lowest BCUT2D eigenvalue weighted by Gasteiger charge is -2.07. The van der Waals surface area contributed by atoms with Crippen molar-refractivity contribution < 1.29 is 24.0 Å². The highest BCUT2D eigenvalue weighted by molar-refractivity contribution is 6.77. The molecule has 7 heteroatoms. The summed E-state index contributed by atoms with van der Waals surface area (Å²) in [7, 11) is 0. The minimum Gasteiger partial charge on any atom is -0.377 e. The van der Waals surface area contributed by atoms with Gasteiger partial charge in [-0.1, -0.05) is 79.0 Å². The summed E-state index contributed by atoms with van der Waals surface area (Å²) in [5.74, 6) is -5.10. The first-order valence-electron chi connectivity index (χ1n) is 9.30. The molecule has 0 aromatic carbocycles. The van der Waals surface area contributed by atoms with Gasteiger partial charge in [0, 0.05) is 12.6 Å². The minimum absolute atomic E-state index is 0.158. The van der Waals surface area contributed by atoms with Crippen molar-refractivity contribution in [3.05, 3.63) is 103 Å². The number of hydroxylamine groups is 1. The van der Waals surface area contributed by atoms with Crippen molar-refractivity contribution in [3.8, 4) is 5.75 Å². The molecule has 0 unspecified atom stereocenters. The van der Waals surface area contributed by atoms with Gasteiger partial charge in [0.25, 0.3) is 11.6 Å². The first-order valence-corrected chi connectivity index (χ1v) is 9.30. The maximum Gasteiger partial charge on any atom is 0.328 e. The van der Waals surface area contributed by atoms with Crippen molar-refractivity contribution in [2.75, 3.05) is 0 Å². The fraction of sp³-hybridized carbons (Fsp3) is 0.0417. The third kappa shape index (κ3) is 8.25. The fourth-order valence-electron chi connectivity index (χ4n) is 2.13. The molecule has 31 heavy (non-hydrogen) atoms. The number of ketones is 3. The highest BCUT2D eigenvalue weighted by Crippen LogP contribution is 2.15. The van der Waals surface area contributed by atoms with Crippen LogP contribution >= 0.6 is 0 Å². The van der Waals surface area contributed by atoms with E-state index < -0.39 is 23.3 Å². The van der Waals surface area contributed by atoms with Crippen molar-refractivity contribution in [3.63, 3.8) is 0 Å². The summed E-state index contributed by atoms with van der Waals surface area (Å²) >= 11 is 0. The lowest BCUT2D eigenvalue weighted by molar-refractivity contribution is -0.150. The Labute approximate surface area is 179 Å². The molecule has 0 saturated heterocycles. The number of nitrogens with one attached hydrogen (secondary N) is 1. The molecule has 1 aromatic rings. The average Bonchev–Trinajstić information content (AvgIpc) is 2.78.